The molecule has 94 valence electrons. The summed E-state index contributed by atoms with van der Waals surface area (Å²) in [5.41, 5.74) is 7.08. The number of hydrogen-bond donors (Lipinski definition) is 1. The zero-order valence-electron chi connectivity index (χ0n) is 10.6. The highest BCUT2D eigenvalue weighted by Gasteiger charge is 2.29. The van der Waals surface area contributed by atoms with Crippen molar-refractivity contribution in [3.05, 3.63) is 35.6 Å². The fourth-order valence-electron chi connectivity index (χ4n) is 2.52. The molecule has 0 aromatic heterocycles. The molecule has 3 atom stereocenters. The Hall–Kier alpha value is -0.930. The molecular formula is C14H21FN2. The molecule has 0 aliphatic carbocycles. The first kappa shape index (κ1) is 12.5. The molecular weight excluding hydrogens is 215 g/mol. The third-order valence-corrected chi connectivity index (χ3v) is 3.74. The summed E-state index contributed by atoms with van der Waals surface area (Å²) >= 11 is 0. The van der Waals surface area contributed by atoms with Gasteiger partial charge < -0.3 is 5.73 Å². The van der Waals surface area contributed by atoms with Gasteiger partial charge in [-0.25, -0.2) is 4.39 Å². The van der Waals surface area contributed by atoms with Gasteiger partial charge in [-0.05, 0) is 37.0 Å². The maximum absolute atomic E-state index is 13.1. The Kier molecular flexibility index (Phi) is 3.79. The Morgan fingerprint density at radius 2 is 2.24 bits per heavy atom. The number of hydrogen-bond acceptors (Lipinski definition) is 2. The molecule has 0 radical (unpaired) electrons. The molecule has 1 saturated heterocycles. The van der Waals surface area contributed by atoms with Gasteiger partial charge >= 0.3 is 0 Å². The standard InChI is InChI=1S/C14H21FN2/c1-10-8-17(9-14(10)16)11(2)6-12-4-3-5-13(15)7-12/h3-5,7,10-11,14H,6,8-9,16H2,1-2H3. The lowest BCUT2D eigenvalue weighted by atomic mass is 10.1. The van der Waals surface area contributed by atoms with E-state index in [2.05, 4.69) is 18.7 Å². The summed E-state index contributed by atoms with van der Waals surface area (Å²) in [7, 11) is 0. The lowest BCUT2D eigenvalue weighted by Gasteiger charge is -2.24. The Bertz CT molecular complexity index is 370. The highest BCUT2D eigenvalue weighted by molar-refractivity contribution is 5.17. The predicted molar refractivity (Wildman–Crippen MR) is 68.3 cm³/mol. The molecule has 1 aromatic carbocycles. The molecule has 3 heteroatoms. The highest BCUT2D eigenvalue weighted by Crippen LogP contribution is 2.19. The second-order valence-corrected chi connectivity index (χ2v) is 5.28. The summed E-state index contributed by atoms with van der Waals surface area (Å²) in [5, 5.41) is 0. The fraction of sp³-hybridized carbons (Fsp3) is 0.571. The average Bonchev–Trinajstić information content (AvgIpc) is 2.59. The van der Waals surface area contributed by atoms with Crippen LogP contribution in [-0.2, 0) is 6.42 Å². The van der Waals surface area contributed by atoms with Gasteiger partial charge in [0.15, 0.2) is 0 Å². The molecule has 0 spiro atoms. The second-order valence-electron chi connectivity index (χ2n) is 5.28. The van der Waals surface area contributed by atoms with Crippen LogP contribution < -0.4 is 5.73 Å². The van der Waals surface area contributed by atoms with Crippen LogP contribution in [0, 0.1) is 11.7 Å². The SMILES string of the molecule is CC1CN(C(C)Cc2cccc(F)c2)CC1N. The molecule has 1 aliphatic rings. The molecule has 0 amide bonds. The Morgan fingerprint density at radius 1 is 1.47 bits per heavy atom. The van der Waals surface area contributed by atoms with Gasteiger partial charge in [-0.2, -0.15) is 0 Å². The van der Waals surface area contributed by atoms with E-state index < -0.39 is 0 Å². The molecule has 2 nitrogen and oxygen atoms in total. The van der Waals surface area contributed by atoms with Gasteiger partial charge in [0.1, 0.15) is 5.82 Å². The van der Waals surface area contributed by atoms with Crippen LogP contribution in [0.4, 0.5) is 4.39 Å². The van der Waals surface area contributed by atoms with Crippen molar-refractivity contribution in [3.8, 4) is 0 Å². The van der Waals surface area contributed by atoms with Gasteiger partial charge in [-0.1, -0.05) is 19.1 Å². The number of rotatable bonds is 3. The quantitative estimate of drug-likeness (QED) is 0.870. The van der Waals surface area contributed by atoms with Crippen LogP contribution in [0.2, 0.25) is 0 Å². The fourth-order valence-corrected chi connectivity index (χ4v) is 2.52. The molecule has 17 heavy (non-hydrogen) atoms. The van der Waals surface area contributed by atoms with E-state index in [0.29, 0.717) is 12.0 Å². The van der Waals surface area contributed by atoms with Crippen LogP contribution in [0.25, 0.3) is 0 Å². The van der Waals surface area contributed by atoms with Gasteiger partial charge in [0.25, 0.3) is 0 Å². The van der Waals surface area contributed by atoms with E-state index in [1.807, 2.05) is 6.07 Å². The van der Waals surface area contributed by atoms with Gasteiger partial charge in [-0.3, -0.25) is 4.90 Å². The molecule has 1 fully saturated rings. The lowest BCUT2D eigenvalue weighted by molar-refractivity contribution is 0.248. The summed E-state index contributed by atoms with van der Waals surface area (Å²) in [6.07, 6.45) is 0.886. The summed E-state index contributed by atoms with van der Waals surface area (Å²) in [4.78, 5) is 2.40. The van der Waals surface area contributed by atoms with E-state index in [4.69, 9.17) is 5.73 Å². The van der Waals surface area contributed by atoms with Crippen LogP contribution in [-0.4, -0.2) is 30.1 Å². The normalized spacial score (nSPS) is 27.3. The smallest absolute Gasteiger partial charge is 0.123 e. The number of nitrogens with two attached hydrogens (primary N) is 1. The van der Waals surface area contributed by atoms with Crippen LogP contribution in [0.5, 0.6) is 0 Å². The van der Waals surface area contributed by atoms with Crippen molar-refractivity contribution in [2.24, 2.45) is 11.7 Å². The lowest BCUT2D eigenvalue weighted by Crippen LogP contribution is -2.35. The van der Waals surface area contributed by atoms with Crippen molar-refractivity contribution >= 4 is 0 Å². The second kappa shape index (κ2) is 5.15. The first-order chi connectivity index (χ1) is 8.06. The zero-order chi connectivity index (χ0) is 12.4. The monoisotopic (exact) mass is 236 g/mol. The average molecular weight is 236 g/mol. The summed E-state index contributed by atoms with van der Waals surface area (Å²) in [6, 6.07) is 7.57. The van der Waals surface area contributed by atoms with Crippen molar-refractivity contribution in [3.63, 3.8) is 0 Å². The molecule has 3 unspecified atom stereocenters. The van der Waals surface area contributed by atoms with Crippen molar-refractivity contribution in [1.29, 1.82) is 0 Å². The zero-order valence-corrected chi connectivity index (χ0v) is 10.6. The van der Waals surface area contributed by atoms with Crippen molar-refractivity contribution in [2.75, 3.05) is 13.1 Å². The third-order valence-electron chi connectivity index (χ3n) is 3.74. The number of halogens is 1. The van der Waals surface area contributed by atoms with E-state index in [-0.39, 0.29) is 11.9 Å². The Labute approximate surface area is 103 Å². The molecule has 2 rings (SSSR count). The molecule has 1 aliphatic heterocycles. The van der Waals surface area contributed by atoms with E-state index in [9.17, 15) is 4.39 Å². The molecule has 2 N–H and O–H groups in total. The minimum absolute atomic E-state index is 0.152. The topological polar surface area (TPSA) is 29.3 Å². The number of nitrogens with zero attached hydrogens (tertiary/aromatic N) is 1. The molecule has 0 bridgehead atoms. The van der Waals surface area contributed by atoms with Gasteiger partial charge in [0.2, 0.25) is 0 Å². The maximum atomic E-state index is 13.1. The molecule has 0 saturated carbocycles. The Morgan fingerprint density at radius 3 is 2.82 bits per heavy atom. The minimum atomic E-state index is -0.152. The largest absolute Gasteiger partial charge is 0.326 e. The highest BCUT2D eigenvalue weighted by atomic mass is 19.1. The number of likely N-dealkylation sites (tertiary alicyclic amines) is 1. The van der Waals surface area contributed by atoms with Crippen molar-refractivity contribution < 1.29 is 4.39 Å². The third kappa shape index (κ3) is 3.05. The predicted octanol–water partition coefficient (Wildman–Crippen LogP) is 2.04. The molecule has 1 heterocycles. The van der Waals surface area contributed by atoms with Gasteiger partial charge in [0, 0.05) is 25.2 Å². The summed E-state index contributed by atoms with van der Waals surface area (Å²) in [6.45, 7) is 6.39. The van der Waals surface area contributed by atoms with Crippen LogP contribution in [0.3, 0.4) is 0 Å². The van der Waals surface area contributed by atoms with E-state index in [1.54, 1.807) is 12.1 Å². The first-order valence-electron chi connectivity index (χ1n) is 6.30. The Balaban J connectivity index is 1.95. The maximum Gasteiger partial charge on any atom is 0.123 e. The molecule has 1 aromatic rings. The first-order valence-corrected chi connectivity index (χ1v) is 6.30. The van der Waals surface area contributed by atoms with E-state index in [1.165, 1.54) is 6.07 Å². The van der Waals surface area contributed by atoms with E-state index >= 15 is 0 Å². The van der Waals surface area contributed by atoms with Crippen LogP contribution >= 0.6 is 0 Å². The summed E-state index contributed by atoms with van der Waals surface area (Å²) < 4.78 is 13.1. The summed E-state index contributed by atoms with van der Waals surface area (Å²) in [5.74, 6) is 0.408. The van der Waals surface area contributed by atoms with Gasteiger partial charge in [0.05, 0.1) is 0 Å². The van der Waals surface area contributed by atoms with Crippen LogP contribution in [0.15, 0.2) is 24.3 Å². The minimum Gasteiger partial charge on any atom is -0.326 e. The van der Waals surface area contributed by atoms with Crippen molar-refractivity contribution in [1.82, 2.24) is 4.90 Å². The number of benzene rings is 1. The van der Waals surface area contributed by atoms with Gasteiger partial charge in [-0.15, -0.1) is 0 Å². The van der Waals surface area contributed by atoms with E-state index in [0.717, 1.165) is 25.1 Å². The van der Waals surface area contributed by atoms with Crippen molar-refractivity contribution in [2.45, 2.75) is 32.4 Å². The van der Waals surface area contributed by atoms with Crippen LogP contribution in [0.1, 0.15) is 19.4 Å².